The van der Waals surface area contributed by atoms with Crippen LogP contribution in [-0.4, -0.2) is 33.7 Å². The van der Waals surface area contributed by atoms with Crippen LogP contribution in [0.15, 0.2) is 24.3 Å². The zero-order chi connectivity index (χ0) is 15.0. The number of aromatic nitrogens is 2. The van der Waals surface area contributed by atoms with Crippen LogP contribution in [0.2, 0.25) is 0 Å². The van der Waals surface area contributed by atoms with Crippen LogP contribution >= 0.6 is 0 Å². The maximum atomic E-state index is 12.7. The number of nitriles is 1. The van der Waals surface area contributed by atoms with Crippen LogP contribution in [0.5, 0.6) is 0 Å². The third-order valence-corrected chi connectivity index (χ3v) is 4.38. The lowest BCUT2D eigenvalue weighted by Crippen LogP contribution is -2.41. The maximum Gasteiger partial charge on any atom is 0.275 e. The number of carbonyl (C=O) groups is 1. The molecule has 5 heteroatoms. The highest BCUT2D eigenvalue weighted by molar-refractivity contribution is 6.04. The predicted octanol–water partition coefficient (Wildman–Crippen LogP) is 2.34. The zero-order valence-electron chi connectivity index (χ0n) is 12.3. The summed E-state index contributed by atoms with van der Waals surface area (Å²) in [4.78, 5) is 14.5. The van der Waals surface area contributed by atoms with Crippen molar-refractivity contribution < 1.29 is 4.79 Å². The molecular weight excluding hydrogens is 264 g/mol. The van der Waals surface area contributed by atoms with E-state index in [0.717, 1.165) is 23.7 Å². The summed E-state index contributed by atoms with van der Waals surface area (Å²) < 4.78 is 1.74. The van der Waals surface area contributed by atoms with Gasteiger partial charge in [-0.3, -0.25) is 9.48 Å². The number of para-hydroxylation sites is 1. The first-order chi connectivity index (χ1) is 10.0. The highest BCUT2D eigenvalue weighted by Crippen LogP contribution is 2.31. The molecule has 0 aliphatic carbocycles. The number of hydrogen-bond donors (Lipinski definition) is 0. The van der Waals surface area contributed by atoms with E-state index in [0.29, 0.717) is 18.8 Å². The average molecular weight is 282 g/mol. The molecule has 1 saturated heterocycles. The van der Waals surface area contributed by atoms with Crippen molar-refractivity contribution in [1.82, 2.24) is 14.7 Å². The van der Waals surface area contributed by atoms with Gasteiger partial charge in [0.15, 0.2) is 5.69 Å². The summed E-state index contributed by atoms with van der Waals surface area (Å²) in [5, 5.41) is 14.4. The van der Waals surface area contributed by atoms with Gasteiger partial charge in [0.1, 0.15) is 0 Å². The van der Waals surface area contributed by atoms with Crippen LogP contribution in [0.4, 0.5) is 0 Å². The van der Waals surface area contributed by atoms with E-state index in [1.54, 1.807) is 4.68 Å². The molecule has 0 atom stereocenters. The maximum absolute atomic E-state index is 12.7. The van der Waals surface area contributed by atoms with Crippen molar-refractivity contribution >= 4 is 16.8 Å². The Balaban J connectivity index is 1.87. The number of likely N-dealkylation sites (tertiary alicyclic amines) is 1. The molecule has 0 unspecified atom stereocenters. The fourth-order valence-electron chi connectivity index (χ4n) is 2.84. The Bertz CT molecular complexity index is 732. The third-order valence-electron chi connectivity index (χ3n) is 4.38. The second-order valence-corrected chi connectivity index (χ2v) is 5.95. The van der Waals surface area contributed by atoms with Gasteiger partial charge in [0.2, 0.25) is 0 Å². The van der Waals surface area contributed by atoms with Gasteiger partial charge >= 0.3 is 0 Å². The number of benzene rings is 1. The van der Waals surface area contributed by atoms with Gasteiger partial charge in [-0.1, -0.05) is 18.2 Å². The highest BCUT2D eigenvalue weighted by Gasteiger charge is 2.33. The number of carbonyl (C=O) groups excluding carboxylic acids is 1. The van der Waals surface area contributed by atoms with E-state index in [4.69, 9.17) is 5.26 Å². The normalized spacial score (nSPS) is 17.7. The predicted molar refractivity (Wildman–Crippen MR) is 79.6 cm³/mol. The summed E-state index contributed by atoms with van der Waals surface area (Å²) in [6.07, 6.45) is 1.44. The Hall–Kier alpha value is -2.35. The zero-order valence-corrected chi connectivity index (χ0v) is 12.3. The van der Waals surface area contributed by atoms with E-state index >= 15 is 0 Å². The Morgan fingerprint density at radius 3 is 2.67 bits per heavy atom. The van der Waals surface area contributed by atoms with Crippen LogP contribution in [0.1, 0.15) is 30.3 Å². The second-order valence-electron chi connectivity index (χ2n) is 5.95. The van der Waals surface area contributed by atoms with Gasteiger partial charge in [-0.05, 0) is 25.8 Å². The Kier molecular flexibility index (Phi) is 3.17. The molecule has 21 heavy (non-hydrogen) atoms. The fourth-order valence-corrected chi connectivity index (χ4v) is 2.84. The molecule has 2 aromatic rings. The summed E-state index contributed by atoms with van der Waals surface area (Å²) in [5.74, 6) is -0.0354. The molecule has 0 radical (unpaired) electrons. The first-order valence-electron chi connectivity index (χ1n) is 7.16. The van der Waals surface area contributed by atoms with Crippen LogP contribution in [0.3, 0.4) is 0 Å². The molecule has 1 aliphatic rings. The number of nitrogens with zero attached hydrogens (tertiary/aromatic N) is 4. The molecule has 1 amide bonds. The molecule has 2 heterocycles. The van der Waals surface area contributed by atoms with Crippen LogP contribution < -0.4 is 0 Å². The SMILES string of the molecule is Cn1nc(C(=O)N2CCC(C)(C#N)CC2)c2ccccc21. The molecule has 1 aliphatic heterocycles. The van der Waals surface area contributed by atoms with E-state index in [9.17, 15) is 4.79 Å². The molecule has 1 fully saturated rings. The number of piperidine rings is 1. The van der Waals surface area contributed by atoms with Crippen LogP contribution in [0.25, 0.3) is 10.9 Å². The molecular formula is C16H18N4O. The molecule has 0 spiro atoms. The Labute approximate surface area is 123 Å². The van der Waals surface area contributed by atoms with E-state index in [1.165, 1.54) is 0 Å². The summed E-state index contributed by atoms with van der Waals surface area (Å²) in [6.45, 7) is 3.20. The van der Waals surface area contributed by atoms with Gasteiger partial charge in [-0.15, -0.1) is 0 Å². The summed E-state index contributed by atoms with van der Waals surface area (Å²) in [6, 6.07) is 10.1. The molecule has 0 N–H and O–H groups in total. The van der Waals surface area contributed by atoms with Gasteiger partial charge in [-0.2, -0.15) is 10.4 Å². The van der Waals surface area contributed by atoms with Crippen LogP contribution in [0, 0.1) is 16.7 Å². The van der Waals surface area contributed by atoms with Gasteiger partial charge in [0, 0.05) is 25.5 Å². The minimum Gasteiger partial charge on any atom is -0.337 e. The van der Waals surface area contributed by atoms with Crippen molar-refractivity contribution in [1.29, 1.82) is 5.26 Å². The van der Waals surface area contributed by atoms with E-state index in [2.05, 4.69) is 11.2 Å². The summed E-state index contributed by atoms with van der Waals surface area (Å²) in [7, 11) is 1.85. The molecule has 0 bridgehead atoms. The standard InChI is InChI=1S/C16H18N4O/c1-16(11-17)7-9-20(10-8-16)15(21)14-12-5-3-4-6-13(12)19(2)18-14/h3-6H,7-10H2,1-2H3. The van der Waals surface area contributed by atoms with Gasteiger partial charge in [-0.25, -0.2) is 0 Å². The fraction of sp³-hybridized carbons (Fsp3) is 0.438. The summed E-state index contributed by atoms with van der Waals surface area (Å²) >= 11 is 0. The monoisotopic (exact) mass is 282 g/mol. The van der Waals surface area contributed by atoms with Crippen molar-refractivity contribution in [2.45, 2.75) is 19.8 Å². The van der Waals surface area contributed by atoms with Crippen LogP contribution in [-0.2, 0) is 7.05 Å². The average Bonchev–Trinajstić information content (AvgIpc) is 2.85. The lowest BCUT2D eigenvalue weighted by Gasteiger charge is -2.34. The van der Waals surface area contributed by atoms with Crippen molar-refractivity contribution in [2.24, 2.45) is 12.5 Å². The van der Waals surface area contributed by atoms with Gasteiger partial charge < -0.3 is 4.90 Å². The molecule has 1 aromatic carbocycles. The molecule has 108 valence electrons. The quantitative estimate of drug-likeness (QED) is 0.806. The van der Waals surface area contributed by atoms with Crippen molar-refractivity contribution in [2.75, 3.05) is 13.1 Å². The van der Waals surface area contributed by atoms with E-state index in [-0.39, 0.29) is 11.3 Å². The lowest BCUT2D eigenvalue weighted by molar-refractivity contribution is 0.0657. The molecule has 3 rings (SSSR count). The topological polar surface area (TPSA) is 61.9 Å². The van der Waals surface area contributed by atoms with Crippen molar-refractivity contribution in [3.63, 3.8) is 0 Å². The number of aryl methyl sites for hydroxylation is 1. The van der Waals surface area contributed by atoms with Crippen molar-refractivity contribution in [3.05, 3.63) is 30.0 Å². The van der Waals surface area contributed by atoms with Crippen molar-refractivity contribution in [3.8, 4) is 6.07 Å². The smallest absolute Gasteiger partial charge is 0.275 e. The van der Waals surface area contributed by atoms with Gasteiger partial charge in [0.25, 0.3) is 5.91 Å². The Morgan fingerprint density at radius 1 is 1.33 bits per heavy atom. The minimum atomic E-state index is -0.303. The number of amides is 1. The molecule has 0 saturated carbocycles. The molecule has 1 aromatic heterocycles. The first kappa shape index (κ1) is 13.6. The summed E-state index contributed by atoms with van der Waals surface area (Å²) in [5.41, 5.74) is 1.16. The Morgan fingerprint density at radius 2 is 2.00 bits per heavy atom. The van der Waals surface area contributed by atoms with E-state index in [1.807, 2.05) is 43.1 Å². The second kappa shape index (κ2) is 4.88. The van der Waals surface area contributed by atoms with E-state index < -0.39 is 0 Å². The number of hydrogen-bond acceptors (Lipinski definition) is 3. The number of rotatable bonds is 1. The number of fused-ring (bicyclic) bond motifs is 1. The highest BCUT2D eigenvalue weighted by atomic mass is 16.2. The largest absolute Gasteiger partial charge is 0.337 e. The minimum absolute atomic E-state index is 0.0354. The van der Waals surface area contributed by atoms with Gasteiger partial charge in [0.05, 0.1) is 17.0 Å². The lowest BCUT2D eigenvalue weighted by atomic mass is 9.82. The third kappa shape index (κ3) is 2.27. The molecule has 5 nitrogen and oxygen atoms in total. The first-order valence-corrected chi connectivity index (χ1v) is 7.16.